The third-order valence-electron chi connectivity index (χ3n) is 0. The zero-order valence-electron chi connectivity index (χ0n) is 2.24. The molecular formula is H18Al6V5. The molecule has 0 rings (SSSR count). The summed E-state index contributed by atoms with van der Waals surface area (Å²) in [6.45, 7) is 0. The first-order valence-electron chi connectivity index (χ1n) is 0. The van der Waals surface area contributed by atoms with Gasteiger partial charge in [0.25, 0.3) is 0 Å². The van der Waals surface area contributed by atoms with Crippen LogP contribution in [0.3, 0.4) is 0 Å². The molecule has 61 valence electrons. The summed E-state index contributed by atoms with van der Waals surface area (Å²) >= 11 is 0. The Labute approximate surface area is 193 Å². The molecule has 0 aliphatic heterocycles. The Bertz CT molecular complexity index is 10.9. The van der Waals surface area contributed by atoms with E-state index in [1.165, 1.54) is 0 Å². The monoisotopic (exact) mass is 435 g/mol. The average molecular weight is 435 g/mol. The molecule has 11 heteroatoms. The van der Waals surface area contributed by atoms with Gasteiger partial charge in [-0.1, -0.05) is 0 Å². The van der Waals surface area contributed by atoms with Crippen LogP contribution in [-0.4, -0.2) is 104 Å². The molecule has 0 N–H and O–H groups in total. The third kappa shape index (κ3) is 85.8. The summed E-state index contributed by atoms with van der Waals surface area (Å²) in [7, 11) is 0. The molecule has 0 saturated carbocycles. The van der Waals surface area contributed by atoms with E-state index in [1.54, 1.807) is 0 Å². The van der Waals surface area contributed by atoms with Crippen LogP contribution in [0.1, 0.15) is 0 Å². The Morgan fingerprint density at radius 2 is 0.182 bits per heavy atom. The fourth-order valence-electron chi connectivity index (χ4n) is 0. The van der Waals surface area contributed by atoms with Crippen LogP contribution in [-0.2, 0) is 92.8 Å². The van der Waals surface area contributed by atoms with Crippen LogP contribution in [0, 0.1) is 0 Å². The number of hydrogen-bond acceptors (Lipinski definition) is 0. The molecule has 0 aromatic carbocycles. The van der Waals surface area contributed by atoms with Gasteiger partial charge in [0.2, 0.25) is 0 Å². The molecule has 0 bridgehead atoms. The topological polar surface area (TPSA) is 0 Å². The van der Waals surface area contributed by atoms with E-state index in [-0.39, 0.29) is 197 Å². The van der Waals surface area contributed by atoms with Crippen LogP contribution in [0.25, 0.3) is 0 Å². The van der Waals surface area contributed by atoms with E-state index in [1.807, 2.05) is 0 Å². The normalized spacial score (nSPS) is 0. The maximum atomic E-state index is 0. The second kappa shape index (κ2) is 98.4. The average Bonchev–Trinajstić information content (AvgIpc) is 0. The van der Waals surface area contributed by atoms with Crippen LogP contribution in [0.2, 0.25) is 0 Å². The SMILES string of the molecule is [AlH3].[AlH3].[AlH3].[AlH3].[AlH3].[AlH3].[V].[V].[V].[V].[V]. The zero-order chi connectivity index (χ0) is 0. The standard InChI is InChI=1S/6Al.5V.18H. The Hall–Kier alpha value is 6.12. The summed E-state index contributed by atoms with van der Waals surface area (Å²) < 4.78 is 0. The van der Waals surface area contributed by atoms with Crippen molar-refractivity contribution in [2.75, 3.05) is 0 Å². The molecule has 0 atom stereocenters. The summed E-state index contributed by atoms with van der Waals surface area (Å²) in [4.78, 5) is 0. The molecule has 0 nitrogen and oxygen atoms in total. The van der Waals surface area contributed by atoms with Gasteiger partial charge in [0.05, 0.1) is 0 Å². The van der Waals surface area contributed by atoms with E-state index in [0.717, 1.165) is 0 Å². The predicted octanol–water partition coefficient (Wildman–Crippen LogP) is -7.12. The van der Waals surface area contributed by atoms with Crippen molar-refractivity contribution in [2.24, 2.45) is 0 Å². The van der Waals surface area contributed by atoms with Crippen molar-refractivity contribution in [1.82, 2.24) is 0 Å². The molecule has 0 amide bonds. The molecule has 0 unspecified atom stereocenters. The number of hydrogen-bond donors (Lipinski definition) is 0. The molecule has 0 aliphatic carbocycles. The van der Waals surface area contributed by atoms with Gasteiger partial charge in [-0.15, -0.1) is 0 Å². The van der Waals surface area contributed by atoms with E-state index in [9.17, 15) is 0 Å². The molecule has 0 aromatic heterocycles. The van der Waals surface area contributed by atoms with Crippen molar-refractivity contribution in [3.05, 3.63) is 0 Å². The summed E-state index contributed by atoms with van der Waals surface area (Å²) in [6.07, 6.45) is 0. The Morgan fingerprint density at radius 1 is 0.182 bits per heavy atom. The minimum absolute atomic E-state index is 0. The van der Waals surface area contributed by atoms with Gasteiger partial charge in [-0.2, -0.15) is 0 Å². The van der Waals surface area contributed by atoms with Crippen molar-refractivity contribution in [2.45, 2.75) is 0 Å². The Morgan fingerprint density at radius 3 is 0.182 bits per heavy atom. The van der Waals surface area contributed by atoms with Crippen LogP contribution >= 0.6 is 0 Å². The van der Waals surface area contributed by atoms with Crippen molar-refractivity contribution in [3.8, 4) is 0 Å². The third-order valence-corrected chi connectivity index (χ3v) is 0. The summed E-state index contributed by atoms with van der Waals surface area (Å²) in [5.74, 6) is 0. The van der Waals surface area contributed by atoms with Crippen molar-refractivity contribution in [3.63, 3.8) is 0 Å². The Balaban J connectivity index is 0. The molecule has 0 aromatic rings. The van der Waals surface area contributed by atoms with Crippen LogP contribution < -0.4 is 0 Å². The fraction of sp³-hybridized carbons (Fsp3) is 0. The fourth-order valence-corrected chi connectivity index (χ4v) is 0. The van der Waals surface area contributed by atoms with Crippen molar-refractivity contribution >= 4 is 104 Å². The first kappa shape index (κ1) is 119. The van der Waals surface area contributed by atoms with Gasteiger partial charge in [-0.25, -0.2) is 0 Å². The van der Waals surface area contributed by atoms with Gasteiger partial charge in [0.15, 0.2) is 104 Å². The van der Waals surface area contributed by atoms with Gasteiger partial charge in [0, 0.05) is 92.8 Å². The second-order valence-corrected chi connectivity index (χ2v) is 0. The summed E-state index contributed by atoms with van der Waals surface area (Å²) in [5.41, 5.74) is 0. The van der Waals surface area contributed by atoms with Gasteiger partial charge >= 0.3 is 0 Å². The van der Waals surface area contributed by atoms with Crippen LogP contribution in [0.4, 0.5) is 0 Å². The minimum Gasteiger partial charge on any atom is 0 e. The first-order chi connectivity index (χ1) is 0. The van der Waals surface area contributed by atoms with E-state index in [4.69, 9.17) is 0 Å². The predicted molar refractivity (Wildman–Crippen MR) is 59.6 cm³/mol. The molecular weight excluding hydrogens is 417 g/mol. The smallest absolute Gasteiger partial charge is 0 e. The molecule has 5 radical (unpaired) electrons. The van der Waals surface area contributed by atoms with Crippen molar-refractivity contribution in [1.29, 1.82) is 0 Å². The molecule has 0 spiro atoms. The van der Waals surface area contributed by atoms with Crippen LogP contribution in [0.15, 0.2) is 0 Å². The number of rotatable bonds is 0. The van der Waals surface area contributed by atoms with E-state index in [0.29, 0.717) is 0 Å². The van der Waals surface area contributed by atoms with Gasteiger partial charge in [-0.3, -0.25) is 0 Å². The zero-order valence-corrected chi connectivity index (χ0v) is 9.22. The maximum absolute atomic E-state index is 0. The molecule has 11 heavy (non-hydrogen) atoms. The first-order valence-corrected chi connectivity index (χ1v) is 0. The van der Waals surface area contributed by atoms with E-state index in [2.05, 4.69) is 0 Å². The molecule has 0 aliphatic rings. The molecule has 0 heterocycles. The van der Waals surface area contributed by atoms with Crippen LogP contribution in [0.5, 0.6) is 0 Å². The second-order valence-electron chi connectivity index (χ2n) is 0. The van der Waals surface area contributed by atoms with Crippen molar-refractivity contribution < 1.29 is 92.8 Å². The summed E-state index contributed by atoms with van der Waals surface area (Å²) in [6, 6.07) is 0. The quantitative estimate of drug-likeness (QED) is 0.333. The van der Waals surface area contributed by atoms with E-state index >= 15 is 0 Å². The van der Waals surface area contributed by atoms with Gasteiger partial charge in [0.1, 0.15) is 0 Å². The van der Waals surface area contributed by atoms with Gasteiger partial charge in [-0.05, 0) is 0 Å². The molecule has 0 saturated heterocycles. The minimum atomic E-state index is 0. The maximum Gasteiger partial charge on any atom is 0.187 e. The van der Waals surface area contributed by atoms with Gasteiger partial charge < -0.3 is 0 Å². The van der Waals surface area contributed by atoms with E-state index < -0.39 is 0 Å². The molecule has 0 fully saturated rings. The Kier molecular flexibility index (Phi) is 1060. The largest absolute Gasteiger partial charge is 0.187 e. The summed E-state index contributed by atoms with van der Waals surface area (Å²) in [5, 5.41) is 0.